The fourth-order valence-electron chi connectivity index (χ4n) is 3.94. The average Bonchev–Trinajstić information content (AvgIpc) is 3.16. The van der Waals surface area contributed by atoms with Crippen molar-refractivity contribution in [2.24, 2.45) is 17.6 Å². The van der Waals surface area contributed by atoms with E-state index in [0.717, 1.165) is 5.56 Å². The van der Waals surface area contributed by atoms with Crippen LogP contribution in [-0.2, 0) is 4.79 Å². The van der Waals surface area contributed by atoms with Crippen LogP contribution >= 0.6 is 12.4 Å². The highest BCUT2D eigenvalue weighted by molar-refractivity contribution is 5.97. The molecule has 1 fully saturated rings. The standard InChI is InChI=1S/C23H28FN3O2.ClH/c1-15(2)21(26-22(28)18-10-6-7-11-20(18)24)23(29)27-13-17(12-25)19(14-27)16-8-4-3-5-9-16;/h3-11,15,17,19,21H,12-14,25H2,1-2H3,(H,26,28);1H/t17-,19+,21?;/m1./s1. The minimum Gasteiger partial charge on any atom is -0.340 e. The van der Waals surface area contributed by atoms with Gasteiger partial charge in [0.05, 0.1) is 5.56 Å². The molecule has 3 N–H and O–H groups in total. The molecule has 0 aliphatic carbocycles. The van der Waals surface area contributed by atoms with E-state index in [9.17, 15) is 14.0 Å². The first-order valence-electron chi connectivity index (χ1n) is 10.0. The van der Waals surface area contributed by atoms with Crippen LogP contribution in [0.2, 0.25) is 0 Å². The lowest BCUT2D eigenvalue weighted by molar-refractivity contribution is -0.133. The summed E-state index contributed by atoms with van der Waals surface area (Å²) in [7, 11) is 0. The van der Waals surface area contributed by atoms with Gasteiger partial charge in [0.15, 0.2) is 0 Å². The van der Waals surface area contributed by atoms with Crippen molar-refractivity contribution in [3.8, 4) is 0 Å². The van der Waals surface area contributed by atoms with Crippen molar-refractivity contribution < 1.29 is 14.0 Å². The summed E-state index contributed by atoms with van der Waals surface area (Å²) in [4.78, 5) is 27.6. The molecule has 7 heteroatoms. The van der Waals surface area contributed by atoms with Gasteiger partial charge in [-0.25, -0.2) is 4.39 Å². The summed E-state index contributed by atoms with van der Waals surface area (Å²) in [5.41, 5.74) is 7.08. The number of halogens is 2. The summed E-state index contributed by atoms with van der Waals surface area (Å²) in [6.07, 6.45) is 0. The van der Waals surface area contributed by atoms with Crippen LogP contribution < -0.4 is 11.1 Å². The number of amides is 2. The summed E-state index contributed by atoms with van der Waals surface area (Å²) < 4.78 is 14.0. The molecule has 1 saturated heterocycles. The Morgan fingerprint density at radius 3 is 2.33 bits per heavy atom. The van der Waals surface area contributed by atoms with E-state index in [2.05, 4.69) is 17.4 Å². The van der Waals surface area contributed by atoms with E-state index in [1.54, 1.807) is 11.0 Å². The fraction of sp³-hybridized carbons (Fsp3) is 0.391. The largest absolute Gasteiger partial charge is 0.340 e. The smallest absolute Gasteiger partial charge is 0.254 e. The number of benzene rings is 2. The minimum atomic E-state index is -0.727. The number of hydrogen-bond donors (Lipinski definition) is 2. The number of hydrogen-bond acceptors (Lipinski definition) is 3. The van der Waals surface area contributed by atoms with Gasteiger partial charge in [-0.3, -0.25) is 9.59 Å². The topological polar surface area (TPSA) is 75.4 Å². The van der Waals surface area contributed by atoms with Crippen molar-refractivity contribution in [3.05, 3.63) is 71.5 Å². The molecule has 30 heavy (non-hydrogen) atoms. The summed E-state index contributed by atoms with van der Waals surface area (Å²) in [6.45, 7) is 5.33. The maximum absolute atomic E-state index is 14.0. The molecule has 2 amide bonds. The number of carbonyl (C=O) groups excluding carboxylic acids is 2. The highest BCUT2D eigenvalue weighted by Gasteiger charge is 2.38. The molecule has 162 valence electrons. The van der Waals surface area contributed by atoms with Gasteiger partial charge in [0, 0.05) is 19.0 Å². The van der Waals surface area contributed by atoms with E-state index >= 15 is 0 Å². The SMILES string of the molecule is CC(C)C(NC(=O)c1ccccc1F)C(=O)N1C[C@@H](CN)[C@H](c2ccccc2)C1.Cl. The molecule has 0 saturated carbocycles. The monoisotopic (exact) mass is 433 g/mol. The highest BCUT2D eigenvalue weighted by Crippen LogP contribution is 2.32. The van der Waals surface area contributed by atoms with Crippen LogP contribution in [0.5, 0.6) is 0 Å². The molecular formula is C23H29ClFN3O2. The summed E-state index contributed by atoms with van der Waals surface area (Å²) in [5, 5.41) is 2.74. The van der Waals surface area contributed by atoms with Crippen molar-refractivity contribution in [1.82, 2.24) is 10.2 Å². The molecule has 2 aromatic carbocycles. The third-order valence-electron chi connectivity index (χ3n) is 5.62. The third-order valence-corrected chi connectivity index (χ3v) is 5.62. The van der Waals surface area contributed by atoms with Crippen molar-refractivity contribution in [1.29, 1.82) is 0 Å². The Morgan fingerprint density at radius 1 is 1.10 bits per heavy atom. The molecule has 1 aliphatic rings. The van der Waals surface area contributed by atoms with Gasteiger partial charge in [-0.05, 0) is 36.1 Å². The molecule has 2 aromatic rings. The third kappa shape index (κ3) is 5.18. The van der Waals surface area contributed by atoms with E-state index in [1.165, 1.54) is 18.2 Å². The van der Waals surface area contributed by atoms with Crippen LogP contribution in [0.25, 0.3) is 0 Å². The van der Waals surface area contributed by atoms with E-state index in [4.69, 9.17) is 5.73 Å². The number of rotatable bonds is 6. The van der Waals surface area contributed by atoms with Gasteiger partial charge in [-0.15, -0.1) is 12.4 Å². The molecule has 1 heterocycles. The average molecular weight is 434 g/mol. The predicted octanol–water partition coefficient (Wildman–Crippen LogP) is 3.20. The van der Waals surface area contributed by atoms with Crippen LogP contribution in [0.1, 0.15) is 35.7 Å². The van der Waals surface area contributed by atoms with Gasteiger partial charge in [0.25, 0.3) is 5.91 Å². The Hall–Kier alpha value is -2.44. The van der Waals surface area contributed by atoms with Crippen molar-refractivity contribution in [3.63, 3.8) is 0 Å². The lowest BCUT2D eigenvalue weighted by Crippen LogP contribution is -2.51. The second kappa shape index (κ2) is 10.5. The molecule has 1 unspecified atom stereocenters. The molecule has 1 aliphatic heterocycles. The number of nitrogens with two attached hydrogens (primary N) is 1. The van der Waals surface area contributed by atoms with Gasteiger partial charge < -0.3 is 16.0 Å². The number of carbonyl (C=O) groups is 2. The highest BCUT2D eigenvalue weighted by atomic mass is 35.5. The van der Waals surface area contributed by atoms with Gasteiger partial charge in [-0.2, -0.15) is 0 Å². The van der Waals surface area contributed by atoms with Crippen LogP contribution in [-0.4, -0.2) is 42.4 Å². The Balaban J connectivity index is 0.00000320. The predicted molar refractivity (Wildman–Crippen MR) is 118 cm³/mol. The first-order valence-corrected chi connectivity index (χ1v) is 10.0. The van der Waals surface area contributed by atoms with Crippen LogP contribution in [0.4, 0.5) is 4.39 Å². The van der Waals surface area contributed by atoms with E-state index < -0.39 is 17.8 Å². The minimum absolute atomic E-state index is 0. The number of nitrogens with one attached hydrogen (secondary N) is 1. The Morgan fingerprint density at radius 2 is 1.73 bits per heavy atom. The quantitative estimate of drug-likeness (QED) is 0.734. The van der Waals surface area contributed by atoms with Crippen molar-refractivity contribution in [2.75, 3.05) is 19.6 Å². The molecule has 5 nitrogen and oxygen atoms in total. The Labute approximate surface area is 183 Å². The van der Waals surface area contributed by atoms with E-state index in [-0.39, 0.29) is 41.6 Å². The molecule has 3 rings (SSSR count). The Bertz CT molecular complexity index is 863. The van der Waals surface area contributed by atoms with E-state index in [1.807, 2.05) is 32.0 Å². The second-order valence-corrected chi connectivity index (χ2v) is 7.93. The molecular weight excluding hydrogens is 405 g/mol. The molecule has 0 radical (unpaired) electrons. The normalized spacial score (nSPS) is 19.3. The molecule has 0 bridgehead atoms. The van der Waals surface area contributed by atoms with Crippen LogP contribution in [0.15, 0.2) is 54.6 Å². The summed E-state index contributed by atoms with van der Waals surface area (Å²) in [6, 6.07) is 15.1. The van der Waals surface area contributed by atoms with Crippen molar-refractivity contribution >= 4 is 24.2 Å². The molecule has 0 aromatic heterocycles. The van der Waals surface area contributed by atoms with Crippen LogP contribution in [0, 0.1) is 17.7 Å². The lowest BCUT2D eigenvalue weighted by atomic mass is 9.89. The fourth-order valence-corrected chi connectivity index (χ4v) is 3.94. The van der Waals surface area contributed by atoms with Crippen LogP contribution in [0.3, 0.4) is 0 Å². The number of likely N-dealkylation sites (tertiary alicyclic amines) is 1. The van der Waals surface area contributed by atoms with Gasteiger partial charge in [0.1, 0.15) is 11.9 Å². The number of nitrogens with zero attached hydrogens (tertiary/aromatic N) is 1. The molecule has 3 atom stereocenters. The van der Waals surface area contributed by atoms with Gasteiger partial charge in [0.2, 0.25) is 5.91 Å². The summed E-state index contributed by atoms with van der Waals surface area (Å²) in [5.74, 6) is -1.14. The Kier molecular flexibility index (Phi) is 8.38. The summed E-state index contributed by atoms with van der Waals surface area (Å²) >= 11 is 0. The first kappa shape index (κ1) is 23.8. The second-order valence-electron chi connectivity index (χ2n) is 7.93. The van der Waals surface area contributed by atoms with Crippen molar-refractivity contribution in [2.45, 2.75) is 25.8 Å². The lowest BCUT2D eigenvalue weighted by Gasteiger charge is -2.27. The maximum atomic E-state index is 14.0. The molecule has 0 spiro atoms. The zero-order valence-electron chi connectivity index (χ0n) is 17.3. The zero-order valence-corrected chi connectivity index (χ0v) is 18.1. The zero-order chi connectivity index (χ0) is 21.0. The van der Waals surface area contributed by atoms with E-state index in [0.29, 0.717) is 19.6 Å². The maximum Gasteiger partial charge on any atom is 0.254 e. The van der Waals surface area contributed by atoms with Gasteiger partial charge in [-0.1, -0.05) is 56.3 Å². The first-order chi connectivity index (χ1) is 13.9. The van der Waals surface area contributed by atoms with Gasteiger partial charge >= 0.3 is 0 Å².